The molecule has 3 nitrogen and oxygen atoms in total. The lowest BCUT2D eigenvalue weighted by Crippen LogP contribution is -2.39. The van der Waals surface area contributed by atoms with Crippen molar-refractivity contribution in [3.8, 4) is 0 Å². The fourth-order valence-electron chi connectivity index (χ4n) is 4.07. The summed E-state index contributed by atoms with van der Waals surface area (Å²) in [5.41, 5.74) is -0.864. The van der Waals surface area contributed by atoms with Crippen LogP contribution in [0, 0.1) is 11.8 Å². The number of carbonyl (C=O) groups excluding carboxylic acids is 1. The quantitative estimate of drug-likeness (QED) is 0.906. The van der Waals surface area contributed by atoms with Gasteiger partial charge in [-0.15, -0.1) is 0 Å². The molecule has 2 heterocycles. The molecule has 2 aliphatic heterocycles. The Morgan fingerprint density at radius 2 is 1.83 bits per heavy atom. The van der Waals surface area contributed by atoms with Gasteiger partial charge in [-0.05, 0) is 36.3 Å². The van der Waals surface area contributed by atoms with Crippen LogP contribution in [0.15, 0.2) is 24.3 Å². The summed E-state index contributed by atoms with van der Waals surface area (Å²) in [5, 5.41) is 3.33. The van der Waals surface area contributed by atoms with Crippen LogP contribution in [0.5, 0.6) is 0 Å². The summed E-state index contributed by atoms with van der Waals surface area (Å²) in [4.78, 5) is 14.8. The summed E-state index contributed by atoms with van der Waals surface area (Å²) in [5.74, 6) is 1.01. The van der Waals surface area contributed by atoms with Crippen LogP contribution in [-0.4, -0.2) is 37.0 Å². The molecule has 0 radical (unpaired) electrons. The van der Waals surface area contributed by atoms with Crippen molar-refractivity contribution >= 4 is 5.91 Å². The first kappa shape index (κ1) is 15.0. The van der Waals surface area contributed by atoms with Gasteiger partial charge in [-0.2, -0.15) is 13.2 Å². The van der Waals surface area contributed by atoms with E-state index in [1.165, 1.54) is 6.07 Å². The Morgan fingerprint density at radius 3 is 2.39 bits per heavy atom. The van der Waals surface area contributed by atoms with Crippen molar-refractivity contribution in [2.75, 3.05) is 26.2 Å². The first-order chi connectivity index (χ1) is 10.9. The number of likely N-dealkylation sites (tertiary alicyclic amines) is 1. The van der Waals surface area contributed by atoms with Crippen molar-refractivity contribution in [1.82, 2.24) is 10.2 Å². The molecule has 1 aliphatic carbocycles. The van der Waals surface area contributed by atoms with Crippen LogP contribution in [0.4, 0.5) is 13.2 Å². The summed E-state index contributed by atoms with van der Waals surface area (Å²) in [6.45, 7) is 3.34. The van der Waals surface area contributed by atoms with Crippen molar-refractivity contribution in [1.29, 1.82) is 0 Å². The smallest absolute Gasteiger partial charge is 0.341 e. The van der Waals surface area contributed by atoms with E-state index in [1.807, 2.05) is 4.90 Å². The van der Waals surface area contributed by atoms with Gasteiger partial charge in [0.25, 0.3) is 0 Å². The van der Waals surface area contributed by atoms with Gasteiger partial charge in [-0.1, -0.05) is 18.2 Å². The number of benzene rings is 1. The number of hydrogen-bond donors (Lipinski definition) is 1. The van der Waals surface area contributed by atoms with E-state index >= 15 is 0 Å². The predicted octanol–water partition coefficient (Wildman–Crippen LogP) is 2.41. The van der Waals surface area contributed by atoms with Crippen LogP contribution in [0.3, 0.4) is 0 Å². The fraction of sp³-hybridized carbons (Fsp3) is 0.588. The van der Waals surface area contributed by atoms with Crippen LogP contribution in [0.25, 0.3) is 0 Å². The van der Waals surface area contributed by atoms with E-state index in [-0.39, 0.29) is 5.91 Å². The van der Waals surface area contributed by atoms with Crippen LogP contribution in [0.2, 0.25) is 0 Å². The van der Waals surface area contributed by atoms with Gasteiger partial charge in [-0.25, -0.2) is 0 Å². The molecule has 1 saturated carbocycles. The first-order valence-electron chi connectivity index (χ1n) is 8.08. The molecule has 0 spiro atoms. The highest BCUT2D eigenvalue weighted by Crippen LogP contribution is 2.51. The van der Waals surface area contributed by atoms with Crippen molar-refractivity contribution in [3.05, 3.63) is 35.4 Å². The molecule has 1 N–H and O–H groups in total. The molecular weight excluding hydrogens is 305 g/mol. The molecule has 3 fully saturated rings. The van der Waals surface area contributed by atoms with Crippen molar-refractivity contribution in [3.63, 3.8) is 0 Å². The molecule has 2 atom stereocenters. The lowest BCUT2D eigenvalue weighted by atomic mass is 9.92. The fourth-order valence-corrected chi connectivity index (χ4v) is 4.07. The third-order valence-corrected chi connectivity index (χ3v) is 5.58. The van der Waals surface area contributed by atoms with E-state index in [4.69, 9.17) is 0 Å². The highest BCUT2D eigenvalue weighted by molar-refractivity contribution is 5.91. The molecule has 6 heteroatoms. The molecule has 1 aromatic carbocycles. The van der Waals surface area contributed by atoms with Gasteiger partial charge < -0.3 is 10.2 Å². The van der Waals surface area contributed by atoms with E-state index < -0.39 is 17.2 Å². The largest absolute Gasteiger partial charge is 0.416 e. The minimum atomic E-state index is -4.37. The lowest BCUT2D eigenvalue weighted by molar-refractivity contribution is -0.138. The minimum absolute atomic E-state index is 0.0197. The second-order valence-electron chi connectivity index (χ2n) is 7.05. The van der Waals surface area contributed by atoms with Crippen molar-refractivity contribution in [2.45, 2.75) is 24.4 Å². The zero-order valence-corrected chi connectivity index (χ0v) is 12.7. The van der Waals surface area contributed by atoms with E-state index in [9.17, 15) is 18.0 Å². The number of halogens is 3. The van der Waals surface area contributed by atoms with Crippen LogP contribution in [0.1, 0.15) is 24.0 Å². The summed E-state index contributed by atoms with van der Waals surface area (Å²) in [6, 6.07) is 5.30. The third kappa shape index (κ3) is 2.43. The Bertz CT molecular complexity index is 627. The predicted molar refractivity (Wildman–Crippen MR) is 78.8 cm³/mol. The molecule has 124 valence electrons. The van der Waals surface area contributed by atoms with Gasteiger partial charge in [-0.3, -0.25) is 4.79 Å². The number of nitrogens with one attached hydrogen (secondary N) is 1. The zero-order chi connectivity index (χ0) is 16.2. The second-order valence-corrected chi connectivity index (χ2v) is 7.05. The highest BCUT2D eigenvalue weighted by Gasteiger charge is 2.55. The van der Waals surface area contributed by atoms with E-state index in [1.54, 1.807) is 6.07 Å². The average molecular weight is 324 g/mol. The number of amides is 1. The lowest BCUT2D eigenvalue weighted by Gasteiger charge is -2.25. The number of carbonyl (C=O) groups is 1. The number of hydrogen-bond acceptors (Lipinski definition) is 2. The summed E-state index contributed by atoms with van der Waals surface area (Å²) >= 11 is 0. The van der Waals surface area contributed by atoms with Gasteiger partial charge in [0, 0.05) is 26.2 Å². The van der Waals surface area contributed by atoms with Crippen LogP contribution in [-0.2, 0) is 16.4 Å². The molecule has 23 heavy (non-hydrogen) atoms. The highest BCUT2D eigenvalue weighted by atomic mass is 19.4. The molecular formula is C17H19F3N2O. The van der Waals surface area contributed by atoms with E-state index in [0.717, 1.165) is 38.3 Å². The molecule has 0 aromatic heterocycles. The van der Waals surface area contributed by atoms with Gasteiger partial charge in [0.05, 0.1) is 11.0 Å². The monoisotopic (exact) mass is 324 g/mol. The Balaban J connectivity index is 1.58. The maximum Gasteiger partial charge on any atom is 0.416 e. The molecule has 0 unspecified atom stereocenters. The van der Waals surface area contributed by atoms with Crippen molar-refractivity contribution in [2.24, 2.45) is 11.8 Å². The second kappa shape index (κ2) is 4.97. The molecule has 0 bridgehead atoms. The van der Waals surface area contributed by atoms with Gasteiger partial charge in [0.15, 0.2) is 0 Å². The third-order valence-electron chi connectivity index (χ3n) is 5.58. The van der Waals surface area contributed by atoms with E-state index in [0.29, 0.717) is 30.2 Å². The zero-order valence-electron chi connectivity index (χ0n) is 12.7. The maximum absolute atomic E-state index is 12.9. The van der Waals surface area contributed by atoms with Crippen LogP contribution < -0.4 is 5.32 Å². The van der Waals surface area contributed by atoms with Crippen LogP contribution >= 0.6 is 0 Å². The molecule has 1 aromatic rings. The SMILES string of the molecule is O=C(N1C[C@H]2CNC[C@H]2C1)C1(c2cccc(C(F)(F)F)c2)CC1. The maximum atomic E-state index is 12.9. The Morgan fingerprint density at radius 1 is 1.17 bits per heavy atom. The summed E-state index contributed by atoms with van der Waals surface area (Å²) in [6.07, 6.45) is -3.07. The average Bonchev–Trinajstić information content (AvgIpc) is 3.04. The Kier molecular flexibility index (Phi) is 3.24. The summed E-state index contributed by atoms with van der Waals surface area (Å²) in [7, 11) is 0. The Labute approximate surface area is 132 Å². The standard InChI is InChI=1S/C17H19F3N2O/c18-17(19,20)14-3-1-2-13(6-14)16(4-5-16)15(23)22-9-11-7-21-8-12(11)10-22/h1-3,6,11-12,21H,4-5,7-10H2/t11-,12+. The first-order valence-corrected chi connectivity index (χ1v) is 8.08. The topological polar surface area (TPSA) is 32.3 Å². The van der Waals surface area contributed by atoms with E-state index in [2.05, 4.69) is 5.32 Å². The Hall–Kier alpha value is -1.56. The summed E-state index contributed by atoms with van der Waals surface area (Å²) < 4.78 is 38.8. The number of alkyl halides is 3. The number of rotatable bonds is 2. The van der Waals surface area contributed by atoms with Gasteiger partial charge >= 0.3 is 6.18 Å². The normalized spacial score (nSPS) is 28.7. The van der Waals surface area contributed by atoms with Crippen molar-refractivity contribution < 1.29 is 18.0 Å². The molecule has 1 amide bonds. The number of fused-ring (bicyclic) bond motifs is 1. The molecule has 4 rings (SSSR count). The van der Waals surface area contributed by atoms with Gasteiger partial charge in [0.1, 0.15) is 0 Å². The minimum Gasteiger partial charge on any atom is -0.341 e. The number of nitrogens with zero attached hydrogens (tertiary/aromatic N) is 1. The molecule has 2 saturated heterocycles. The van der Waals surface area contributed by atoms with Gasteiger partial charge in [0.2, 0.25) is 5.91 Å². The molecule has 3 aliphatic rings.